The Labute approximate surface area is 170 Å². The summed E-state index contributed by atoms with van der Waals surface area (Å²) in [6.07, 6.45) is 1.36. The summed E-state index contributed by atoms with van der Waals surface area (Å²) in [7, 11) is 3.10. The van der Waals surface area contributed by atoms with Crippen molar-refractivity contribution in [2.24, 2.45) is 0 Å². The largest absolute Gasteiger partial charge is 0.465 e. The quantitative estimate of drug-likeness (QED) is 0.488. The number of nitrogens with zero attached hydrogens (tertiary/aromatic N) is 7. The summed E-state index contributed by atoms with van der Waals surface area (Å²) in [4.78, 5) is 34.4. The number of methoxy groups -OCH3 is 1. The summed E-state index contributed by atoms with van der Waals surface area (Å²) in [6.45, 7) is 0. The second kappa shape index (κ2) is 7.91. The molecule has 1 aromatic carbocycles. The van der Waals surface area contributed by atoms with E-state index in [2.05, 4.69) is 34.8 Å². The first-order valence-corrected chi connectivity index (χ1v) is 8.74. The first-order chi connectivity index (χ1) is 14.5. The molecule has 0 amide bonds. The van der Waals surface area contributed by atoms with Gasteiger partial charge >= 0.3 is 5.97 Å². The van der Waals surface area contributed by atoms with Crippen molar-refractivity contribution in [2.45, 2.75) is 0 Å². The zero-order valence-electron chi connectivity index (χ0n) is 16.1. The SMILES string of the molecule is COC(=O)c1ccc(-c2nc(-c3nc(N)nc(N(C)c4ccccc4)n3)no2)nc1. The van der Waals surface area contributed by atoms with Crippen molar-refractivity contribution in [3.8, 4) is 23.2 Å². The third kappa shape index (κ3) is 3.76. The van der Waals surface area contributed by atoms with Crippen LogP contribution in [0.2, 0.25) is 0 Å². The Hall–Kier alpha value is -4.41. The highest BCUT2D eigenvalue weighted by atomic mass is 16.5. The van der Waals surface area contributed by atoms with Crippen LogP contribution in [0.15, 0.2) is 53.2 Å². The van der Waals surface area contributed by atoms with Crippen LogP contribution in [0.4, 0.5) is 17.6 Å². The molecule has 3 heterocycles. The molecule has 0 radical (unpaired) electrons. The molecule has 30 heavy (non-hydrogen) atoms. The fourth-order valence-corrected chi connectivity index (χ4v) is 2.58. The molecule has 0 atom stereocenters. The van der Waals surface area contributed by atoms with Gasteiger partial charge in [-0.25, -0.2) is 4.79 Å². The highest BCUT2D eigenvalue weighted by Crippen LogP contribution is 2.23. The van der Waals surface area contributed by atoms with Crippen LogP contribution in [0.1, 0.15) is 10.4 Å². The normalized spacial score (nSPS) is 10.6. The number of hydrogen-bond donors (Lipinski definition) is 1. The van der Waals surface area contributed by atoms with Crippen LogP contribution in [0.25, 0.3) is 23.2 Å². The fraction of sp³-hybridized carbons (Fsp3) is 0.105. The Morgan fingerprint density at radius 2 is 1.83 bits per heavy atom. The van der Waals surface area contributed by atoms with Crippen molar-refractivity contribution in [3.05, 3.63) is 54.2 Å². The molecule has 3 aromatic heterocycles. The first kappa shape index (κ1) is 18.9. The predicted molar refractivity (Wildman–Crippen MR) is 107 cm³/mol. The number of carbonyl (C=O) groups excluding carboxylic acids is 1. The van der Waals surface area contributed by atoms with Crippen LogP contribution in [0, 0.1) is 0 Å². The van der Waals surface area contributed by atoms with E-state index in [-0.39, 0.29) is 23.5 Å². The van der Waals surface area contributed by atoms with E-state index >= 15 is 0 Å². The summed E-state index contributed by atoms with van der Waals surface area (Å²) in [5.41, 5.74) is 7.42. The molecule has 0 unspecified atom stereocenters. The smallest absolute Gasteiger partial charge is 0.339 e. The Bertz CT molecular complexity index is 1180. The molecule has 0 aliphatic heterocycles. The van der Waals surface area contributed by atoms with E-state index in [4.69, 9.17) is 10.3 Å². The van der Waals surface area contributed by atoms with Gasteiger partial charge in [-0.15, -0.1) is 0 Å². The second-order valence-corrected chi connectivity index (χ2v) is 6.06. The fourth-order valence-electron chi connectivity index (χ4n) is 2.58. The maximum atomic E-state index is 11.5. The van der Waals surface area contributed by atoms with Crippen LogP contribution in [-0.2, 0) is 4.74 Å². The van der Waals surface area contributed by atoms with E-state index < -0.39 is 5.97 Å². The summed E-state index contributed by atoms with van der Waals surface area (Å²) < 4.78 is 9.91. The van der Waals surface area contributed by atoms with Gasteiger partial charge < -0.3 is 19.9 Å². The highest BCUT2D eigenvalue weighted by molar-refractivity contribution is 5.89. The topological polar surface area (TPSA) is 146 Å². The number of hydrogen-bond acceptors (Lipinski definition) is 11. The van der Waals surface area contributed by atoms with Crippen LogP contribution in [-0.4, -0.2) is 50.2 Å². The highest BCUT2D eigenvalue weighted by Gasteiger charge is 2.18. The molecule has 150 valence electrons. The van der Waals surface area contributed by atoms with Gasteiger partial charge in [0.1, 0.15) is 5.69 Å². The summed E-state index contributed by atoms with van der Waals surface area (Å²) in [5.74, 6) is 0.275. The second-order valence-electron chi connectivity index (χ2n) is 6.06. The Kier molecular flexibility index (Phi) is 4.99. The van der Waals surface area contributed by atoms with E-state index in [9.17, 15) is 4.79 Å². The molecule has 4 aromatic rings. The number of nitrogen functional groups attached to an aromatic ring is 1. The van der Waals surface area contributed by atoms with Crippen molar-refractivity contribution in [3.63, 3.8) is 0 Å². The number of para-hydroxylation sites is 1. The molecule has 0 aliphatic rings. The van der Waals surface area contributed by atoms with Crippen LogP contribution >= 0.6 is 0 Å². The van der Waals surface area contributed by atoms with Crippen molar-refractivity contribution in [2.75, 3.05) is 24.8 Å². The molecule has 0 aliphatic carbocycles. The van der Waals surface area contributed by atoms with Gasteiger partial charge in [0.15, 0.2) is 0 Å². The van der Waals surface area contributed by atoms with Crippen molar-refractivity contribution >= 4 is 23.6 Å². The Morgan fingerprint density at radius 3 is 2.53 bits per heavy atom. The standard InChI is InChI=1S/C19H16N8O3/c1-27(12-6-4-3-5-7-12)19-24-14(23-18(20)25-19)15-22-16(30-26-15)13-9-8-11(10-21-13)17(28)29-2/h3-10H,1-2H3,(H2,20,23,24,25). The minimum atomic E-state index is -0.490. The lowest BCUT2D eigenvalue weighted by Gasteiger charge is -2.17. The van der Waals surface area contributed by atoms with E-state index in [0.29, 0.717) is 17.2 Å². The van der Waals surface area contributed by atoms with Crippen molar-refractivity contribution in [1.29, 1.82) is 0 Å². The molecule has 0 bridgehead atoms. The van der Waals surface area contributed by atoms with E-state index in [1.807, 2.05) is 37.4 Å². The van der Waals surface area contributed by atoms with Gasteiger partial charge in [-0.3, -0.25) is 4.98 Å². The maximum absolute atomic E-state index is 11.5. The van der Waals surface area contributed by atoms with Gasteiger partial charge in [-0.1, -0.05) is 23.4 Å². The van der Waals surface area contributed by atoms with Gasteiger partial charge in [0.05, 0.1) is 12.7 Å². The van der Waals surface area contributed by atoms with Gasteiger partial charge in [0, 0.05) is 18.9 Å². The zero-order valence-corrected chi connectivity index (χ0v) is 16.1. The predicted octanol–water partition coefficient (Wildman–Crippen LogP) is 2.12. The minimum absolute atomic E-state index is 0.0182. The third-order valence-electron chi connectivity index (χ3n) is 4.11. The molecule has 0 fully saturated rings. The lowest BCUT2D eigenvalue weighted by Crippen LogP contribution is -2.15. The van der Waals surface area contributed by atoms with Gasteiger partial charge in [0.2, 0.25) is 23.5 Å². The van der Waals surface area contributed by atoms with Gasteiger partial charge in [0.25, 0.3) is 5.89 Å². The number of pyridine rings is 1. The number of aromatic nitrogens is 6. The number of carbonyl (C=O) groups is 1. The number of benzene rings is 1. The van der Waals surface area contributed by atoms with Crippen LogP contribution in [0.5, 0.6) is 0 Å². The molecule has 4 rings (SSSR count). The van der Waals surface area contributed by atoms with E-state index in [1.165, 1.54) is 13.3 Å². The Balaban J connectivity index is 1.63. The number of anilines is 3. The summed E-state index contributed by atoms with van der Waals surface area (Å²) in [6, 6.07) is 12.7. The van der Waals surface area contributed by atoms with E-state index in [1.54, 1.807) is 17.0 Å². The van der Waals surface area contributed by atoms with Crippen molar-refractivity contribution in [1.82, 2.24) is 30.1 Å². The monoisotopic (exact) mass is 404 g/mol. The van der Waals surface area contributed by atoms with Crippen molar-refractivity contribution < 1.29 is 14.1 Å². The maximum Gasteiger partial charge on any atom is 0.339 e. The van der Waals surface area contributed by atoms with Crippen LogP contribution < -0.4 is 10.6 Å². The molecular weight excluding hydrogens is 388 g/mol. The molecule has 0 spiro atoms. The average molecular weight is 404 g/mol. The Morgan fingerprint density at radius 1 is 1.03 bits per heavy atom. The summed E-state index contributed by atoms with van der Waals surface area (Å²) in [5, 5.41) is 3.91. The number of rotatable bonds is 5. The minimum Gasteiger partial charge on any atom is -0.465 e. The molecule has 0 saturated heterocycles. The average Bonchev–Trinajstić information content (AvgIpc) is 3.29. The molecule has 11 heteroatoms. The number of nitrogens with two attached hydrogens (primary N) is 1. The van der Waals surface area contributed by atoms with Gasteiger partial charge in [-0.05, 0) is 24.3 Å². The number of esters is 1. The first-order valence-electron chi connectivity index (χ1n) is 8.74. The van der Waals surface area contributed by atoms with Gasteiger partial charge in [-0.2, -0.15) is 19.9 Å². The number of ether oxygens (including phenoxy) is 1. The molecule has 11 nitrogen and oxygen atoms in total. The lowest BCUT2D eigenvalue weighted by atomic mass is 10.2. The van der Waals surface area contributed by atoms with E-state index in [0.717, 1.165) is 5.69 Å². The molecule has 2 N–H and O–H groups in total. The zero-order chi connectivity index (χ0) is 21.1. The lowest BCUT2D eigenvalue weighted by molar-refractivity contribution is 0.0600. The van der Waals surface area contributed by atoms with Crippen LogP contribution in [0.3, 0.4) is 0 Å². The molecular formula is C19H16N8O3. The summed E-state index contributed by atoms with van der Waals surface area (Å²) >= 11 is 0. The third-order valence-corrected chi connectivity index (χ3v) is 4.11. The molecule has 0 saturated carbocycles.